The first kappa shape index (κ1) is 21.9. The van der Waals surface area contributed by atoms with Gasteiger partial charge in [-0.3, -0.25) is 9.59 Å². The zero-order valence-corrected chi connectivity index (χ0v) is 19.1. The summed E-state index contributed by atoms with van der Waals surface area (Å²) in [5.74, 6) is -0.707. The zero-order valence-electron chi connectivity index (χ0n) is 17.4. The van der Waals surface area contributed by atoms with Gasteiger partial charge in [0.05, 0.1) is 21.6 Å². The van der Waals surface area contributed by atoms with Crippen LogP contribution in [0.1, 0.15) is 43.7 Å². The number of carbonyl (C=O) groups is 2. The molecule has 2 N–H and O–H groups in total. The van der Waals surface area contributed by atoms with Gasteiger partial charge in [0.15, 0.2) is 9.84 Å². The van der Waals surface area contributed by atoms with E-state index in [0.717, 1.165) is 36.3 Å². The molecule has 31 heavy (non-hydrogen) atoms. The fourth-order valence-corrected chi connectivity index (χ4v) is 6.33. The third-order valence-electron chi connectivity index (χ3n) is 5.77. The van der Waals surface area contributed by atoms with Crippen LogP contribution in [-0.2, 0) is 32.3 Å². The normalized spacial score (nSPS) is 18.0. The minimum atomic E-state index is -3.66. The number of benzene rings is 2. The molecule has 164 valence electrons. The summed E-state index contributed by atoms with van der Waals surface area (Å²) in [7, 11) is -3.66. The molecule has 0 spiro atoms. The van der Waals surface area contributed by atoms with E-state index in [2.05, 4.69) is 16.7 Å². The van der Waals surface area contributed by atoms with Crippen molar-refractivity contribution < 1.29 is 18.0 Å². The second-order valence-corrected chi connectivity index (χ2v) is 11.3. The Bertz CT molecular complexity index is 1130. The van der Waals surface area contributed by atoms with Gasteiger partial charge in [-0.05, 0) is 67.5 Å². The summed E-state index contributed by atoms with van der Waals surface area (Å²) in [6.07, 6.45) is 4.78. The molecule has 1 aliphatic heterocycles. The van der Waals surface area contributed by atoms with Gasteiger partial charge in [0.2, 0.25) is 11.8 Å². The second-order valence-electron chi connectivity index (χ2n) is 7.93. The molecule has 0 fully saturated rings. The van der Waals surface area contributed by atoms with Gasteiger partial charge < -0.3 is 10.6 Å². The number of nitrogens with one attached hydrogen (secondary N) is 2. The molecule has 1 atom stereocenters. The van der Waals surface area contributed by atoms with Crippen LogP contribution in [0.25, 0.3) is 0 Å². The van der Waals surface area contributed by atoms with E-state index in [0.29, 0.717) is 12.1 Å². The molecule has 0 aromatic heterocycles. The number of hydrogen-bond donors (Lipinski definition) is 2. The van der Waals surface area contributed by atoms with Crippen LogP contribution in [0.5, 0.6) is 0 Å². The maximum absolute atomic E-state index is 12.8. The first-order valence-corrected chi connectivity index (χ1v) is 13.2. The van der Waals surface area contributed by atoms with Gasteiger partial charge in [0, 0.05) is 17.0 Å². The molecule has 2 aromatic carbocycles. The van der Waals surface area contributed by atoms with Crippen molar-refractivity contribution in [1.82, 2.24) is 0 Å². The van der Waals surface area contributed by atoms with E-state index >= 15 is 0 Å². The van der Waals surface area contributed by atoms with Crippen LogP contribution in [0.15, 0.2) is 46.2 Å². The smallest absolute Gasteiger partial charge is 0.237 e. The van der Waals surface area contributed by atoms with Crippen LogP contribution in [0.3, 0.4) is 0 Å². The molecule has 4 rings (SSSR count). The first-order chi connectivity index (χ1) is 14.9. The Kier molecular flexibility index (Phi) is 6.39. The van der Waals surface area contributed by atoms with E-state index in [1.165, 1.54) is 29.0 Å². The SMILES string of the molecule is CC[C@@H]1Sc2ccc(S(=O)(=O)CCC(=O)Nc3cccc4c3CCCC4)cc2NC1=O. The van der Waals surface area contributed by atoms with E-state index in [1.54, 1.807) is 12.1 Å². The highest BCUT2D eigenvalue weighted by Crippen LogP contribution is 2.38. The summed E-state index contributed by atoms with van der Waals surface area (Å²) in [5, 5.41) is 5.53. The monoisotopic (exact) mass is 458 g/mol. The fourth-order valence-electron chi connectivity index (χ4n) is 4.05. The molecule has 8 heteroatoms. The summed E-state index contributed by atoms with van der Waals surface area (Å²) < 4.78 is 25.6. The van der Waals surface area contributed by atoms with Crippen LogP contribution in [0.2, 0.25) is 0 Å². The summed E-state index contributed by atoms with van der Waals surface area (Å²) in [5.41, 5.74) is 3.73. The largest absolute Gasteiger partial charge is 0.326 e. The molecule has 0 unspecified atom stereocenters. The topological polar surface area (TPSA) is 92.3 Å². The van der Waals surface area contributed by atoms with Gasteiger partial charge in [0.25, 0.3) is 0 Å². The Hall–Kier alpha value is -2.32. The minimum Gasteiger partial charge on any atom is -0.326 e. The van der Waals surface area contributed by atoms with E-state index in [9.17, 15) is 18.0 Å². The maximum atomic E-state index is 12.8. The van der Waals surface area contributed by atoms with Crippen molar-refractivity contribution in [3.63, 3.8) is 0 Å². The average Bonchev–Trinajstić information content (AvgIpc) is 2.77. The van der Waals surface area contributed by atoms with E-state index in [-0.39, 0.29) is 34.1 Å². The molecular weight excluding hydrogens is 432 g/mol. The lowest BCUT2D eigenvalue weighted by Crippen LogP contribution is -2.28. The third kappa shape index (κ3) is 4.80. The molecule has 2 aliphatic rings. The standard InChI is InChI=1S/C23H26N2O4S2/c1-2-20-23(27)25-19-14-16(10-11-21(19)30-20)31(28,29)13-12-22(26)24-18-9-5-7-15-6-3-4-8-17(15)18/h5,7,9-11,14,20H,2-4,6,8,12-13H2,1H3,(H,24,26)(H,25,27)/t20-/m0/s1. The van der Waals surface area contributed by atoms with E-state index in [1.807, 2.05) is 19.1 Å². The predicted molar refractivity (Wildman–Crippen MR) is 123 cm³/mol. The molecule has 0 saturated heterocycles. The van der Waals surface area contributed by atoms with Crippen LogP contribution in [0.4, 0.5) is 11.4 Å². The number of hydrogen-bond acceptors (Lipinski definition) is 5. The molecule has 0 bridgehead atoms. The van der Waals surface area contributed by atoms with Gasteiger partial charge >= 0.3 is 0 Å². The fraction of sp³-hybridized carbons (Fsp3) is 0.391. The summed E-state index contributed by atoms with van der Waals surface area (Å²) in [6.45, 7) is 1.94. The van der Waals surface area contributed by atoms with Crippen molar-refractivity contribution in [2.45, 2.75) is 60.5 Å². The Morgan fingerprint density at radius 3 is 2.81 bits per heavy atom. The number of rotatable bonds is 6. The molecule has 0 saturated carbocycles. The summed E-state index contributed by atoms with van der Waals surface area (Å²) in [6, 6.07) is 10.7. The molecule has 1 aliphatic carbocycles. The Labute approximate surface area is 187 Å². The molecule has 0 radical (unpaired) electrons. The number of fused-ring (bicyclic) bond motifs is 2. The Morgan fingerprint density at radius 1 is 1.19 bits per heavy atom. The van der Waals surface area contributed by atoms with Crippen molar-refractivity contribution in [3.8, 4) is 0 Å². The molecule has 2 aromatic rings. The van der Waals surface area contributed by atoms with E-state index in [4.69, 9.17) is 0 Å². The predicted octanol–water partition coefficient (Wildman–Crippen LogP) is 4.19. The lowest BCUT2D eigenvalue weighted by molar-refractivity contribution is -0.116. The lowest BCUT2D eigenvalue weighted by Gasteiger charge is -2.23. The van der Waals surface area contributed by atoms with Crippen LogP contribution in [-0.4, -0.2) is 31.2 Å². The first-order valence-electron chi connectivity index (χ1n) is 10.6. The number of thioether (sulfide) groups is 1. The highest BCUT2D eigenvalue weighted by Gasteiger charge is 2.27. The average molecular weight is 459 g/mol. The van der Waals surface area contributed by atoms with Crippen LogP contribution < -0.4 is 10.6 Å². The van der Waals surface area contributed by atoms with Gasteiger partial charge in [-0.2, -0.15) is 0 Å². The van der Waals surface area contributed by atoms with Crippen LogP contribution in [0, 0.1) is 0 Å². The summed E-state index contributed by atoms with van der Waals surface area (Å²) >= 11 is 1.44. The van der Waals surface area contributed by atoms with Crippen molar-refractivity contribution >= 4 is 44.8 Å². The minimum absolute atomic E-state index is 0.111. The zero-order chi connectivity index (χ0) is 22.0. The molecule has 1 heterocycles. The van der Waals surface area contributed by atoms with Gasteiger partial charge in [0.1, 0.15) is 0 Å². The molecular formula is C23H26N2O4S2. The number of carbonyl (C=O) groups excluding carboxylic acids is 2. The second kappa shape index (κ2) is 9.04. The van der Waals surface area contributed by atoms with Gasteiger partial charge in [-0.15, -0.1) is 11.8 Å². The highest BCUT2D eigenvalue weighted by molar-refractivity contribution is 8.01. The molecule has 2 amide bonds. The van der Waals surface area contributed by atoms with Crippen LogP contribution >= 0.6 is 11.8 Å². The number of sulfone groups is 1. The van der Waals surface area contributed by atoms with Gasteiger partial charge in [-0.1, -0.05) is 19.1 Å². The highest BCUT2D eigenvalue weighted by atomic mass is 32.2. The number of aryl methyl sites for hydroxylation is 1. The number of anilines is 2. The molecule has 6 nitrogen and oxygen atoms in total. The maximum Gasteiger partial charge on any atom is 0.237 e. The van der Waals surface area contributed by atoms with Gasteiger partial charge in [-0.25, -0.2) is 8.42 Å². The number of amides is 2. The summed E-state index contributed by atoms with van der Waals surface area (Å²) in [4.78, 5) is 25.6. The van der Waals surface area contributed by atoms with Crippen molar-refractivity contribution in [2.75, 3.05) is 16.4 Å². The van der Waals surface area contributed by atoms with Crippen molar-refractivity contribution in [3.05, 3.63) is 47.5 Å². The lowest BCUT2D eigenvalue weighted by atomic mass is 9.90. The van der Waals surface area contributed by atoms with Crippen molar-refractivity contribution in [1.29, 1.82) is 0 Å². The Balaban J connectivity index is 1.42. The quantitative estimate of drug-likeness (QED) is 0.677. The third-order valence-corrected chi connectivity index (χ3v) is 8.92. The van der Waals surface area contributed by atoms with E-state index < -0.39 is 9.84 Å². The Morgan fingerprint density at radius 2 is 2.00 bits per heavy atom. The van der Waals surface area contributed by atoms with Crippen molar-refractivity contribution in [2.24, 2.45) is 0 Å².